The minimum Gasteiger partial charge on any atom is -0.496 e. The number of allylic oxidation sites excluding steroid dienone is 2. The first-order valence-corrected chi connectivity index (χ1v) is 6.53. The molecule has 0 aromatic heterocycles. The number of hydrogen-bond acceptors (Lipinski definition) is 2. The molecule has 0 saturated heterocycles. The van der Waals surface area contributed by atoms with Crippen molar-refractivity contribution < 1.29 is 9.53 Å². The van der Waals surface area contributed by atoms with Crippen LogP contribution in [0.4, 0.5) is 0 Å². The van der Waals surface area contributed by atoms with E-state index in [9.17, 15) is 4.79 Å². The molecule has 1 aromatic carbocycles. The first-order chi connectivity index (χ1) is 8.65. The fourth-order valence-corrected chi connectivity index (χ4v) is 2.60. The number of Topliss-reactive ketones (excluding diaryl/α,β-unsaturated/α-hetero) is 1. The third-order valence-electron chi connectivity index (χ3n) is 3.63. The first-order valence-electron chi connectivity index (χ1n) is 6.53. The Bertz CT molecular complexity index is 498. The van der Waals surface area contributed by atoms with Crippen molar-refractivity contribution >= 4 is 5.78 Å². The Morgan fingerprint density at radius 3 is 2.61 bits per heavy atom. The van der Waals surface area contributed by atoms with Gasteiger partial charge in [0.2, 0.25) is 0 Å². The van der Waals surface area contributed by atoms with E-state index in [1.54, 1.807) is 7.11 Å². The van der Waals surface area contributed by atoms with Crippen molar-refractivity contribution in [3.8, 4) is 5.75 Å². The summed E-state index contributed by atoms with van der Waals surface area (Å²) in [5.41, 5.74) is 3.78. The average molecular weight is 244 g/mol. The predicted octanol–water partition coefficient (Wildman–Crippen LogP) is 4.00. The number of aryl methyl sites for hydroxylation is 1. The molecule has 1 aliphatic rings. The quantitative estimate of drug-likeness (QED) is 0.751. The summed E-state index contributed by atoms with van der Waals surface area (Å²) < 4.78 is 5.38. The zero-order valence-electron chi connectivity index (χ0n) is 11.4. The number of carbonyl (C=O) groups excluding carboxylic acids is 1. The van der Waals surface area contributed by atoms with Gasteiger partial charge in [0.1, 0.15) is 5.75 Å². The SMILES string of the molecule is COc1c(C)ccc(C(=O)C2=CCCCC2)c1C. The second-order valence-corrected chi connectivity index (χ2v) is 4.89. The smallest absolute Gasteiger partial charge is 0.189 e. The van der Waals surface area contributed by atoms with E-state index >= 15 is 0 Å². The molecule has 2 rings (SSSR count). The molecule has 0 bridgehead atoms. The second kappa shape index (κ2) is 5.38. The molecule has 0 radical (unpaired) electrons. The van der Waals surface area contributed by atoms with Gasteiger partial charge >= 0.3 is 0 Å². The van der Waals surface area contributed by atoms with Gasteiger partial charge in [-0.1, -0.05) is 18.2 Å². The topological polar surface area (TPSA) is 26.3 Å². The summed E-state index contributed by atoms with van der Waals surface area (Å²) in [7, 11) is 1.66. The number of hydrogen-bond donors (Lipinski definition) is 0. The first kappa shape index (κ1) is 12.9. The van der Waals surface area contributed by atoms with Crippen molar-refractivity contribution in [2.75, 3.05) is 7.11 Å². The van der Waals surface area contributed by atoms with Gasteiger partial charge in [0.25, 0.3) is 0 Å². The molecule has 0 unspecified atom stereocenters. The molecule has 0 spiro atoms. The van der Waals surface area contributed by atoms with E-state index in [4.69, 9.17) is 4.74 Å². The van der Waals surface area contributed by atoms with Crippen LogP contribution in [0.1, 0.15) is 47.2 Å². The monoisotopic (exact) mass is 244 g/mol. The van der Waals surface area contributed by atoms with Crippen LogP contribution < -0.4 is 4.74 Å². The van der Waals surface area contributed by atoms with E-state index < -0.39 is 0 Å². The fourth-order valence-electron chi connectivity index (χ4n) is 2.60. The molecule has 0 heterocycles. The summed E-state index contributed by atoms with van der Waals surface area (Å²) >= 11 is 0. The van der Waals surface area contributed by atoms with E-state index in [2.05, 4.69) is 6.08 Å². The van der Waals surface area contributed by atoms with Crippen LogP contribution in [-0.2, 0) is 0 Å². The Balaban J connectivity index is 2.39. The summed E-state index contributed by atoms with van der Waals surface area (Å²) in [6, 6.07) is 3.88. The molecule has 2 heteroatoms. The van der Waals surface area contributed by atoms with Gasteiger partial charge in [0.05, 0.1) is 7.11 Å². The van der Waals surface area contributed by atoms with E-state index in [1.165, 1.54) is 6.42 Å². The van der Waals surface area contributed by atoms with E-state index in [0.717, 1.165) is 47.3 Å². The Hall–Kier alpha value is -1.57. The van der Waals surface area contributed by atoms with Gasteiger partial charge in [-0.15, -0.1) is 0 Å². The van der Waals surface area contributed by atoms with Crippen LogP contribution in [0.3, 0.4) is 0 Å². The van der Waals surface area contributed by atoms with Crippen molar-refractivity contribution in [3.05, 3.63) is 40.5 Å². The highest BCUT2D eigenvalue weighted by Crippen LogP contribution is 2.29. The molecule has 0 saturated carbocycles. The molecule has 0 amide bonds. The Morgan fingerprint density at radius 2 is 2.00 bits per heavy atom. The number of ketones is 1. The van der Waals surface area contributed by atoms with Crippen molar-refractivity contribution in [2.45, 2.75) is 39.5 Å². The van der Waals surface area contributed by atoms with Crippen LogP contribution in [-0.4, -0.2) is 12.9 Å². The molecule has 2 nitrogen and oxygen atoms in total. The summed E-state index contributed by atoms with van der Waals surface area (Å²) in [6.45, 7) is 3.96. The van der Waals surface area contributed by atoms with E-state index in [0.29, 0.717) is 0 Å². The van der Waals surface area contributed by atoms with Gasteiger partial charge in [0.15, 0.2) is 5.78 Å². The maximum Gasteiger partial charge on any atom is 0.189 e. The largest absolute Gasteiger partial charge is 0.496 e. The molecule has 0 atom stereocenters. The molecule has 18 heavy (non-hydrogen) atoms. The van der Waals surface area contributed by atoms with Gasteiger partial charge in [0, 0.05) is 11.1 Å². The second-order valence-electron chi connectivity index (χ2n) is 4.89. The molecule has 0 N–H and O–H groups in total. The van der Waals surface area contributed by atoms with E-state index in [1.807, 2.05) is 26.0 Å². The zero-order chi connectivity index (χ0) is 13.1. The third-order valence-corrected chi connectivity index (χ3v) is 3.63. The summed E-state index contributed by atoms with van der Waals surface area (Å²) in [6.07, 6.45) is 6.36. The average Bonchev–Trinajstić information content (AvgIpc) is 2.40. The van der Waals surface area contributed by atoms with Crippen LogP contribution in [0.15, 0.2) is 23.8 Å². The molecule has 96 valence electrons. The van der Waals surface area contributed by atoms with E-state index in [-0.39, 0.29) is 5.78 Å². The standard InChI is InChI=1S/C16H20O2/c1-11-9-10-14(12(2)16(11)18-3)15(17)13-7-5-4-6-8-13/h7,9-10H,4-6,8H2,1-3H3. The highest BCUT2D eigenvalue weighted by molar-refractivity contribution is 6.10. The summed E-state index contributed by atoms with van der Waals surface area (Å²) in [4.78, 5) is 12.5. The molecule has 1 aliphatic carbocycles. The summed E-state index contributed by atoms with van der Waals surface area (Å²) in [5, 5.41) is 0. The van der Waals surface area contributed by atoms with Gasteiger partial charge in [-0.2, -0.15) is 0 Å². The lowest BCUT2D eigenvalue weighted by atomic mass is 9.90. The minimum absolute atomic E-state index is 0.172. The lowest BCUT2D eigenvalue weighted by Gasteiger charge is -2.15. The highest BCUT2D eigenvalue weighted by atomic mass is 16.5. The van der Waals surface area contributed by atoms with Crippen LogP contribution in [0, 0.1) is 13.8 Å². The molecule has 0 fully saturated rings. The van der Waals surface area contributed by atoms with Crippen LogP contribution in [0.5, 0.6) is 5.75 Å². The number of carbonyl (C=O) groups is 1. The van der Waals surface area contributed by atoms with Crippen LogP contribution in [0.25, 0.3) is 0 Å². The molecular formula is C16H20O2. The van der Waals surface area contributed by atoms with Crippen molar-refractivity contribution in [2.24, 2.45) is 0 Å². The molecule has 1 aromatic rings. The lowest BCUT2D eigenvalue weighted by Crippen LogP contribution is -2.09. The maximum absolute atomic E-state index is 12.5. The number of ether oxygens (including phenoxy) is 1. The van der Waals surface area contributed by atoms with Crippen molar-refractivity contribution in [1.29, 1.82) is 0 Å². The number of methoxy groups -OCH3 is 1. The Labute approximate surface area is 109 Å². The molecular weight excluding hydrogens is 224 g/mol. The fraction of sp³-hybridized carbons (Fsp3) is 0.438. The van der Waals surface area contributed by atoms with Crippen LogP contribution >= 0.6 is 0 Å². The minimum atomic E-state index is 0.172. The van der Waals surface area contributed by atoms with Gasteiger partial charge < -0.3 is 4.74 Å². The highest BCUT2D eigenvalue weighted by Gasteiger charge is 2.18. The lowest BCUT2D eigenvalue weighted by molar-refractivity contribution is 0.102. The maximum atomic E-state index is 12.5. The Morgan fingerprint density at radius 1 is 1.22 bits per heavy atom. The van der Waals surface area contributed by atoms with Crippen molar-refractivity contribution in [1.82, 2.24) is 0 Å². The van der Waals surface area contributed by atoms with Gasteiger partial charge in [-0.3, -0.25) is 4.79 Å². The zero-order valence-corrected chi connectivity index (χ0v) is 11.4. The van der Waals surface area contributed by atoms with Crippen LogP contribution in [0.2, 0.25) is 0 Å². The summed E-state index contributed by atoms with van der Waals surface area (Å²) in [5.74, 6) is 1.00. The number of benzene rings is 1. The Kier molecular flexibility index (Phi) is 3.85. The number of rotatable bonds is 3. The normalized spacial score (nSPS) is 15.2. The predicted molar refractivity (Wildman–Crippen MR) is 73.3 cm³/mol. The van der Waals surface area contributed by atoms with Gasteiger partial charge in [-0.25, -0.2) is 0 Å². The molecule has 0 aliphatic heterocycles. The third kappa shape index (κ3) is 2.33. The van der Waals surface area contributed by atoms with Crippen molar-refractivity contribution in [3.63, 3.8) is 0 Å². The van der Waals surface area contributed by atoms with Gasteiger partial charge in [-0.05, 0) is 50.7 Å².